The number of aromatic nitrogens is 2. The van der Waals surface area contributed by atoms with Crippen LogP contribution in [0.1, 0.15) is 79.0 Å². The maximum absolute atomic E-state index is 14.1. The van der Waals surface area contributed by atoms with Gasteiger partial charge in [-0.15, -0.1) is 0 Å². The molecule has 2 unspecified atom stereocenters. The Morgan fingerprint density at radius 3 is 2.09 bits per heavy atom. The Morgan fingerprint density at radius 2 is 1.58 bits per heavy atom. The van der Waals surface area contributed by atoms with E-state index in [1.165, 1.54) is 15.3 Å². The SMILES string of the molecule is Cc1cn([C@@H]2OC(CO[Si](C)(C)C(C)(C)C)C3(OS(=O)(=O)C=C3N)[C@H]2O[Si](C)(C)C(C)(C)C)c(=O)n(CCCCCCBr)c1=O. The molecule has 3 rings (SSSR count). The quantitative estimate of drug-likeness (QED) is 0.127. The van der Waals surface area contributed by atoms with Gasteiger partial charge in [0.1, 0.15) is 12.2 Å². The zero-order chi connectivity index (χ0) is 34.4. The van der Waals surface area contributed by atoms with E-state index in [1.54, 1.807) is 6.92 Å². The molecular formula is C30H54BrN3O8SSi2. The van der Waals surface area contributed by atoms with Crippen molar-refractivity contribution < 1.29 is 26.2 Å². The standard InChI is InChI=1S/C30H54BrN3O8SSi2/c1-21-18-34(27(36)33(25(21)35)17-15-13-12-14-16-31)26-24(41-45(10,11)29(5,6)7)30(22(32)20-43(37,38)42-30)23(40-26)19-39-44(8,9)28(2,3)4/h18,20,23-24,26H,12-17,19,32H2,1-11H3/t23?,24-,26+,30?/m0/s1. The average Bonchev–Trinajstić information content (AvgIpc) is 3.31. The molecule has 1 fully saturated rings. The molecule has 45 heavy (non-hydrogen) atoms. The summed E-state index contributed by atoms with van der Waals surface area (Å²) < 4.78 is 54.7. The topological polar surface area (TPSA) is 141 Å². The normalized spacial score (nSPS) is 25.7. The number of hydrogen-bond acceptors (Lipinski definition) is 9. The Kier molecular flexibility index (Phi) is 11.5. The Hall–Kier alpha value is -1.08. The molecule has 0 bridgehead atoms. The van der Waals surface area contributed by atoms with Crippen LogP contribution in [-0.2, 0) is 34.4 Å². The zero-order valence-electron chi connectivity index (χ0n) is 28.9. The van der Waals surface area contributed by atoms with Gasteiger partial charge in [-0.1, -0.05) is 70.3 Å². The van der Waals surface area contributed by atoms with Crippen molar-refractivity contribution in [3.63, 3.8) is 0 Å². The summed E-state index contributed by atoms with van der Waals surface area (Å²) in [7, 11) is -9.24. The van der Waals surface area contributed by atoms with E-state index >= 15 is 0 Å². The lowest BCUT2D eigenvalue weighted by molar-refractivity contribution is -0.0567. The fraction of sp³-hybridized carbons (Fsp3) is 0.800. The third kappa shape index (κ3) is 7.81. The van der Waals surface area contributed by atoms with Gasteiger partial charge in [-0.25, -0.2) is 8.98 Å². The predicted octanol–water partition coefficient (Wildman–Crippen LogP) is 5.48. The first-order valence-electron chi connectivity index (χ1n) is 15.7. The van der Waals surface area contributed by atoms with Gasteiger partial charge in [0.05, 0.1) is 17.7 Å². The van der Waals surface area contributed by atoms with E-state index in [0.717, 1.165) is 30.0 Å². The third-order valence-corrected chi connectivity index (χ3v) is 20.5. The molecule has 2 N–H and O–H groups in total. The van der Waals surface area contributed by atoms with Crippen LogP contribution in [0.3, 0.4) is 0 Å². The Bertz CT molecular complexity index is 1490. The minimum Gasteiger partial charge on any atom is -0.414 e. The summed E-state index contributed by atoms with van der Waals surface area (Å²) >= 11 is 3.44. The maximum atomic E-state index is 14.1. The van der Waals surface area contributed by atoms with E-state index < -0.39 is 56.5 Å². The van der Waals surface area contributed by atoms with Crippen molar-refractivity contribution in [2.45, 2.75) is 141 Å². The summed E-state index contributed by atoms with van der Waals surface area (Å²) in [6.07, 6.45) is 1.65. The summed E-state index contributed by atoms with van der Waals surface area (Å²) in [6.45, 7) is 22.6. The first-order valence-corrected chi connectivity index (χ1v) is 24.1. The molecule has 4 atom stereocenters. The van der Waals surface area contributed by atoms with Gasteiger partial charge in [0.15, 0.2) is 28.5 Å². The third-order valence-electron chi connectivity index (χ3n) is 9.98. The summed E-state index contributed by atoms with van der Waals surface area (Å²) in [6, 6.07) is 0. The van der Waals surface area contributed by atoms with E-state index in [-0.39, 0.29) is 34.5 Å². The van der Waals surface area contributed by atoms with Gasteiger partial charge in [0, 0.05) is 23.6 Å². The van der Waals surface area contributed by atoms with Crippen LogP contribution in [0, 0.1) is 6.92 Å². The van der Waals surface area contributed by atoms with Crippen LogP contribution in [-0.4, -0.2) is 63.9 Å². The molecule has 0 amide bonds. The second-order valence-electron chi connectivity index (χ2n) is 15.4. The molecule has 2 aliphatic heterocycles. The van der Waals surface area contributed by atoms with Gasteiger partial charge in [-0.2, -0.15) is 8.42 Å². The van der Waals surface area contributed by atoms with Crippen LogP contribution in [0.25, 0.3) is 0 Å². The minimum absolute atomic E-state index is 0.0324. The number of rotatable bonds is 12. The number of hydrogen-bond donors (Lipinski definition) is 1. The van der Waals surface area contributed by atoms with Crippen LogP contribution in [0.15, 0.2) is 26.9 Å². The van der Waals surface area contributed by atoms with E-state index in [1.807, 2.05) is 13.1 Å². The number of ether oxygens (including phenoxy) is 1. The zero-order valence-corrected chi connectivity index (χ0v) is 33.3. The second kappa shape index (κ2) is 13.4. The lowest BCUT2D eigenvalue weighted by atomic mass is 9.89. The van der Waals surface area contributed by atoms with Crippen molar-refractivity contribution in [1.29, 1.82) is 0 Å². The van der Waals surface area contributed by atoms with Gasteiger partial charge in [0.25, 0.3) is 15.7 Å². The van der Waals surface area contributed by atoms with E-state index in [4.69, 9.17) is 23.5 Å². The highest BCUT2D eigenvalue weighted by molar-refractivity contribution is 9.09. The van der Waals surface area contributed by atoms with Gasteiger partial charge in [0.2, 0.25) is 0 Å². The Balaban J connectivity index is 2.22. The molecule has 0 radical (unpaired) electrons. The molecular weight excluding hydrogens is 698 g/mol. The molecule has 3 heterocycles. The number of aryl methyl sites for hydroxylation is 1. The molecule has 0 aromatic carbocycles. The first kappa shape index (κ1) is 38.4. The molecule has 1 saturated heterocycles. The van der Waals surface area contributed by atoms with Gasteiger partial charge >= 0.3 is 5.69 Å². The summed E-state index contributed by atoms with van der Waals surface area (Å²) in [4.78, 5) is 27.3. The molecule has 15 heteroatoms. The monoisotopic (exact) mass is 751 g/mol. The smallest absolute Gasteiger partial charge is 0.333 e. The number of halogens is 1. The van der Waals surface area contributed by atoms with Crippen molar-refractivity contribution in [1.82, 2.24) is 9.13 Å². The molecule has 0 aliphatic carbocycles. The average molecular weight is 753 g/mol. The Morgan fingerprint density at radius 1 is 1.00 bits per heavy atom. The summed E-state index contributed by atoms with van der Waals surface area (Å²) in [5.74, 6) is 0. The number of nitrogens with two attached hydrogens (primary N) is 1. The maximum Gasteiger partial charge on any atom is 0.333 e. The van der Waals surface area contributed by atoms with Crippen molar-refractivity contribution in [2.75, 3.05) is 11.9 Å². The Labute approximate surface area is 279 Å². The van der Waals surface area contributed by atoms with E-state index in [2.05, 4.69) is 70.6 Å². The van der Waals surface area contributed by atoms with Gasteiger partial charge in [-0.05, 0) is 56.0 Å². The molecule has 1 aromatic heterocycles. The van der Waals surface area contributed by atoms with Crippen LogP contribution in [0.5, 0.6) is 0 Å². The number of unbranched alkanes of at least 4 members (excludes halogenated alkanes) is 3. The highest BCUT2D eigenvalue weighted by Crippen LogP contribution is 2.52. The van der Waals surface area contributed by atoms with Crippen molar-refractivity contribution >= 4 is 42.7 Å². The van der Waals surface area contributed by atoms with Crippen LogP contribution in [0.2, 0.25) is 36.3 Å². The largest absolute Gasteiger partial charge is 0.414 e. The molecule has 258 valence electrons. The molecule has 0 saturated carbocycles. The summed E-state index contributed by atoms with van der Waals surface area (Å²) in [5.41, 5.74) is 4.13. The molecule has 1 spiro atoms. The highest BCUT2D eigenvalue weighted by Gasteiger charge is 2.67. The molecule has 11 nitrogen and oxygen atoms in total. The van der Waals surface area contributed by atoms with Crippen LogP contribution < -0.4 is 17.0 Å². The molecule has 2 aliphatic rings. The fourth-order valence-electron chi connectivity index (χ4n) is 5.07. The van der Waals surface area contributed by atoms with E-state index in [0.29, 0.717) is 12.0 Å². The predicted molar refractivity (Wildman–Crippen MR) is 186 cm³/mol. The van der Waals surface area contributed by atoms with Crippen LogP contribution in [0.4, 0.5) is 0 Å². The van der Waals surface area contributed by atoms with Gasteiger partial charge < -0.3 is 19.3 Å². The van der Waals surface area contributed by atoms with Crippen molar-refractivity contribution in [3.8, 4) is 0 Å². The van der Waals surface area contributed by atoms with Crippen molar-refractivity contribution in [3.05, 3.63) is 43.7 Å². The number of nitrogens with zero attached hydrogens (tertiary/aromatic N) is 2. The lowest BCUT2D eigenvalue weighted by Gasteiger charge is -2.43. The second-order valence-corrected chi connectivity index (χ2v) is 27.1. The van der Waals surface area contributed by atoms with Crippen LogP contribution >= 0.6 is 15.9 Å². The molecule has 1 aromatic rings. The lowest BCUT2D eigenvalue weighted by Crippen LogP contribution is -2.59. The summed E-state index contributed by atoms with van der Waals surface area (Å²) in [5, 5.41) is 1.37. The highest BCUT2D eigenvalue weighted by atomic mass is 79.9. The van der Waals surface area contributed by atoms with Gasteiger partial charge in [-0.3, -0.25) is 13.9 Å². The van der Waals surface area contributed by atoms with E-state index in [9.17, 15) is 18.0 Å². The first-order chi connectivity index (χ1) is 20.4. The number of alkyl halides is 1. The van der Waals surface area contributed by atoms with Crippen molar-refractivity contribution in [2.24, 2.45) is 5.73 Å². The fourth-order valence-corrected chi connectivity index (χ4v) is 8.97. The minimum atomic E-state index is -4.21.